The number of hydrogen-bond acceptors (Lipinski definition) is 5. The van der Waals surface area contributed by atoms with Crippen LogP contribution >= 0.6 is 0 Å². The SMILES string of the molecule is CCOC(=O)C(C)(COCC1CCCO1)NC(C)C. The molecule has 0 amide bonds. The zero-order chi connectivity index (χ0) is 14.3. The van der Waals surface area contributed by atoms with Gasteiger partial charge < -0.3 is 14.2 Å². The van der Waals surface area contributed by atoms with Gasteiger partial charge in [0.05, 0.1) is 25.9 Å². The quantitative estimate of drug-likeness (QED) is 0.679. The van der Waals surface area contributed by atoms with Gasteiger partial charge in [0.2, 0.25) is 0 Å². The third-order valence-electron chi connectivity index (χ3n) is 3.05. The van der Waals surface area contributed by atoms with Crippen LogP contribution in [0.5, 0.6) is 0 Å². The minimum absolute atomic E-state index is 0.172. The Morgan fingerprint density at radius 1 is 1.53 bits per heavy atom. The average molecular weight is 273 g/mol. The number of ether oxygens (including phenoxy) is 3. The zero-order valence-electron chi connectivity index (χ0n) is 12.5. The molecule has 0 radical (unpaired) electrons. The highest BCUT2D eigenvalue weighted by molar-refractivity contribution is 5.80. The van der Waals surface area contributed by atoms with Crippen LogP contribution in [-0.2, 0) is 19.0 Å². The predicted octanol–water partition coefficient (Wildman–Crippen LogP) is 1.50. The number of carbonyl (C=O) groups excluding carboxylic acids is 1. The second-order valence-electron chi connectivity index (χ2n) is 5.50. The van der Waals surface area contributed by atoms with Gasteiger partial charge in [-0.2, -0.15) is 0 Å². The van der Waals surface area contributed by atoms with Crippen molar-refractivity contribution >= 4 is 5.97 Å². The van der Waals surface area contributed by atoms with E-state index in [0.717, 1.165) is 19.4 Å². The lowest BCUT2D eigenvalue weighted by molar-refractivity contribution is -0.154. The second-order valence-corrected chi connectivity index (χ2v) is 5.50. The minimum atomic E-state index is -0.803. The van der Waals surface area contributed by atoms with Crippen molar-refractivity contribution in [3.63, 3.8) is 0 Å². The largest absolute Gasteiger partial charge is 0.465 e. The van der Waals surface area contributed by atoms with Gasteiger partial charge in [0, 0.05) is 12.6 Å². The number of carbonyl (C=O) groups is 1. The van der Waals surface area contributed by atoms with Gasteiger partial charge in [0.25, 0.3) is 0 Å². The molecule has 1 aliphatic rings. The molecule has 0 aromatic heterocycles. The summed E-state index contributed by atoms with van der Waals surface area (Å²) in [4.78, 5) is 12.0. The van der Waals surface area contributed by atoms with E-state index in [4.69, 9.17) is 14.2 Å². The Bertz CT molecular complexity index is 277. The van der Waals surface area contributed by atoms with Crippen LogP contribution in [-0.4, -0.2) is 50.1 Å². The molecule has 0 saturated carbocycles. The van der Waals surface area contributed by atoms with Crippen molar-refractivity contribution in [2.45, 2.75) is 58.2 Å². The second kappa shape index (κ2) is 7.82. The van der Waals surface area contributed by atoms with Crippen LogP contribution in [0.3, 0.4) is 0 Å². The lowest BCUT2D eigenvalue weighted by Crippen LogP contribution is -2.56. The van der Waals surface area contributed by atoms with E-state index in [1.165, 1.54) is 0 Å². The van der Waals surface area contributed by atoms with Crippen LogP contribution < -0.4 is 5.32 Å². The fourth-order valence-corrected chi connectivity index (χ4v) is 2.26. The molecule has 1 aliphatic heterocycles. The Morgan fingerprint density at radius 3 is 2.79 bits per heavy atom. The summed E-state index contributed by atoms with van der Waals surface area (Å²) >= 11 is 0. The van der Waals surface area contributed by atoms with E-state index in [1.807, 2.05) is 20.8 Å². The summed E-state index contributed by atoms with van der Waals surface area (Å²) in [6, 6.07) is 0.181. The van der Waals surface area contributed by atoms with Crippen LogP contribution in [0, 0.1) is 0 Å². The van der Waals surface area contributed by atoms with Gasteiger partial charge in [-0.05, 0) is 40.5 Å². The maximum Gasteiger partial charge on any atom is 0.328 e. The van der Waals surface area contributed by atoms with Crippen molar-refractivity contribution in [1.82, 2.24) is 5.32 Å². The lowest BCUT2D eigenvalue weighted by Gasteiger charge is -2.30. The van der Waals surface area contributed by atoms with E-state index < -0.39 is 5.54 Å². The first kappa shape index (κ1) is 16.4. The first-order chi connectivity index (χ1) is 8.98. The van der Waals surface area contributed by atoms with Gasteiger partial charge in [-0.1, -0.05) is 0 Å². The molecule has 2 unspecified atom stereocenters. The summed E-state index contributed by atoms with van der Waals surface area (Å²) in [5, 5.41) is 3.23. The van der Waals surface area contributed by atoms with E-state index >= 15 is 0 Å². The summed E-state index contributed by atoms with van der Waals surface area (Å²) in [6.45, 7) is 9.64. The molecular weight excluding hydrogens is 246 g/mol. The summed E-state index contributed by atoms with van der Waals surface area (Å²) in [7, 11) is 0. The van der Waals surface area contributed by atoms with Crippen LogP contribution in [0.2, 0.25) is 0 Å². The third kappa shape index (κ3) is 5.47. The highest BCUT2D eigenvalue weighted by Crippen LogP contribution is 2.14. The molecule has 1 saturated heterocycles. The summed E-state index contributed by atoms with van der Waals surface area (Å²) in [6.07, 6.45) is 2.30. The Labute approximate surface area is 116 Å². The van der Waals surface area contributed by atoms with Gasteiger partial charge in [-0.25, -0.2) is 4.79 Å². The molecule has 2 atom stereocenters. The molecule has 5 nitrogen and oxygen atoms in total. The number of nitrogens with one attached hydrogen (secondary N) is 1. The summed E-state index contributed by atoms with van der Waals surface area (Å²) < 4.78 is 16.3. The fraction of sp³-hybridized carbons (Fsp3) is 0.929. The molecule has 1 heterocycles. The zero-order valence-corrected chi connectivity index (χ0v) is 12.5. The maximum atomic E-state index is 12.0. The highest BCUT2D eigenvalue weighted by Gasteiger charge is 2.36. The number of hydrogen-bond donors (Lipinski definition) is 1. The smallest absolute Gasteiger partial charge is 0.328 e. The molecular formula is C14H27NO4. The van der Waals surface area contributed by atoms with Crippen molar-refractivity contribution in [1.29, 1.82) is 0 Å². The molecule has 0 aliphatic carbocycles. The Hall–Kier alpha value is -0.650. The molecule has 1 N–H and O–H groups in total. The molecule has 1 fully saturated rings. The van der Waals surface area contributed by atoms with Crippen molar-refractivity contribution in [3.05, 3.63) is 0 Å². The van der Waals surface area contributed by atoms with Gasteiger partial charge in [0.1, 0.15) is 5.54 Å². The van der Waals surface area contributed by atoms with E-state index in [0.29, 0.717) is 19.8 Å². The Kier molecular flexibility index (Phi) is 6.75. The van der Waals surface area contributed by atoms with E-state index in [-0.39, 0.29) is 18.1 Å². The lowest BCUT2D eigenvalue weighted by atomic mass is 10.0. The molecule has 0 aromatic carbocycles. The van der Waals surface area contributed by atoms with Crippen LogP contribution in [0.15, 0.2) is 0 Å². The van der Waals surface area contributed by atoms with E-state index in [9.17, 15) is 4.79 Å². The van der Waals surface area contributed by atoms with E-state index in [2.05, 4.69) is 5.32 Å². The third-order valence-corrected chi connectivity index (χ3v) is 3.05. The van der Waals surface area contributed by atoms with Gasteiger partial charge >= 0.3 is 5.97 Å². The predicted molar refractivity (Wildman–Crippen MR) is 73.1 cm³/mol. The molecule has 1 rings (SSSR count). The molecule has 19 heavy (non-hydrogen) atoms. The summed E-state index contributed by atoms with van der Waals surface area (Å²) in [5.41, 5.74) is -0.803. The minimum Gasteiger partial charge on any atom is -0.465 e. The van der Waals surface area contributed by atoms with Crippen molar-refractivity contribution in [2.75, 3.05) is 26.4 Å². The van der Waals surface area contributed by atoms with Gasteiger partial charge in [0.15, 0.2) is 0 Å². The molecule has 0 spiro atoms. The number of esters is 1. The monoisotopic (exact) mass is 273 g/mol. The average Bonchev–Trinajstić information content (AvgIpc) is 2.81. The first-order valence-electron chi connectivity index (χ1n) is 7.12. The van der Waals surface area contributed by atoms with Gasteiger partial charge in [-0.3, -0.25) is 5.32 Å². The van der Waals surface area contributed by atoms with Crippen molar-refractivity contribution < 1.29 is 19.0 Å². The topological polar surface area (TPSA) is 56.8 Å². The maximum absolute atomic E-state index is 12.0. The first-order valence-corrected chi connectivity index (χ1v) is 7.12. The van der Waals surface area contributed by atoms with Crippen molar-refractivity contribution in [3.8, 4) is 0 Å². The standard InChI is InChI=1S/C14H27NO4/c1-5-18-13(16)14(4,15-11(2)3)10-17-9-12-7-6-8-19-12/h11-12,15H,5-10H2,1-4H3. The van der Waals surface area contributed by atoms with E-state index in [1.54, 1.807) is 6.92 Å². The molecule has 0 bridgehead atoms. The molecule has 5 heteroatoms. The van der Waals surface area contributed by atoms with Crippen LogP contribution in [0.1, 0.15) is 40.5 Å². The Balaban J connectivity index is 2.45. The molecule has 0 aromatic rings. The highest BCUT2D eigenvalue weighted by atomic mass is 16.5. The Morgan fingerprint density at radius 2 is 2.26 bits per heavy atom. The van der Waals surface area contributed by atoms with Crippen molar-refractivity contribution in [2.24, 2.45) is 0 Å². The van der Waals surface area contributed by atoms with Crippen LogP contribution in [0.4, 0.5) is 0 Å². The van der Waals surface area contributed by atoms with Crippen LogP contribution in [0.25, 0.3) is 0 Å². The molecule has 112 valence electrons. The fourth-order valence-electron chi connectivity index (χ4n) is 2.26. The van der Waals surface area contributed by atoms with Gasteiger partial charge in [-0.15, -0.1) is 0 Å². The normalized spacial score (nSPS) is 22.5. The summed E-state index contributed by atoms with van der Waals surface area (Å²) in [5.74, 6) is -0.268. The number of rotatable bonds is 8.